The highest BCUT2D eigenvalue weighted by Gasteiger charge is 2.22. The number of carbonyl (C=O) groups is 2. The van der Waals surface area contributed by atoms with Crippen LogP contribution in [0.1, 0.15) is 12.0 Å². The first-order valence-electron chi connectivity index (χ1n) is 9.06. The SMILES string of the molecule is COc1ccc(CCNC(CC(=O)Nc2ccccc2[N+](=O)[O-])C(=O)O)cc1OC. The Morgan fingerprint density at radius 3 is 2.47 bits per heavy atom. The fraction of sp³-hybridized carbons (Fsp3) is 0.300. The lowest BCUT2D eigenvalue weighted by Crippen LogP contribution is -2.40. The number of nitro benzene ring substituents is 1. The van der Waals surface area contributed by atoms with E-state index < -0.39 is 22.8 Å². The number of hydrogen-bond donors (Lipinski definition) is 3. The summed E-state index contributed by atoms with van der Waals surface area (Å²) < 4.78 is 10.4. The average Bonchev–Trinajstić information content (AvgIpc) is 2.72. The Kier molecular flexibility index (Phi) is 8.12. The smallest absolute Gasteiger partial charge is 0.321 e. The lowest BCUT2D eigenvalue weighted by Gasteiger charge is -2.15. The fourth-order valence-electron chi connectivity index (χ4n) is 2.80. The third kappa shape index (κ3) is 6.17. The number of carboxylic acid groups (broad SMARTS) is 1. The highest BCUT2D eigenvalue weighted by atomic mass is 16.6. The summed E-state index contributed by atoms with van der Waals surface area (Å²) in [6.07, 6.45) is 0.114. The first-order chi connectivity index (χ1) is 14.3. The van der Waals surface area contributed by atoms with Gasteiger partial charge in [-0.25, -0.2) is 0 Å². The molecule has 0 aliphatic carbocycles. The largest absolute Gasteiger partial charge is 0.493 e. The molecule has 160 valence electrons. The van der Waals surface area contributed by atoms with Crippen molar-refractivity contribution in [2.24, 2.45) is 0 Å². The molecule has 2 aromatic carbocycles. The van der Waals surface area contributed by atoms with E-state index in [1.165, 1.54) is 32.4 Å². The number of nitrogens with zero attached hydrogens (tertiary/aromatic N) is 1. The van der Waals surface area contributed by atoms with Gasteiger partial charge >= 0.3 is 5.97 Å². The zero-order valence-corrected chi connectivity index (χ0v) is 16.6. The minimum atomic E-state index is -1.19. The predicted molar refractivity (Wildman–Crippen MR) is 109 cm³/mol. The molecule has 0 aliphatic rings. The van der Waals surface area contributed by atoms with E-state index in [2.05, 4.69) is 10.6 Å². The summed E-state index contributed by atoms with van der Waals surface area (Å²) in [4.78, 5) is 34.1. The van der Waals surface area contributed by atoms with Crippen molar-refractivity contribution in [3.8, 4) is 11.5 Å². The van der Waals surface area contributed by atoms with Gasteiger partial charge in [-0.3, -0.25) is 19.7 Å². The predicted octanol–water partition coefficient (Wildman–Crippen LogP) is 2.23. The number of nitro groups is 1. The minimum Gasteiger partial charge on any atom is -0.493 e. The average molecular weight is 417 g/mol. The normalized spacial score (nSPS) is 11.4. The van der Waals surface area contributed by atoms with Crippen LogP contribution in [-0.4, -0.2) is 48.7 Å². The summed E-state index contributed by atoms with van der Waals surface area (Å²) in [6.45, 7) is 0.297. The maximum atomic E-state index is 12.2. The number of rotatable bonds is 11. The molecule has 0 aromatic heterocycles. The van der Waals surface area contributed by atoms with Gasteiger partial charge in [-0.2, -0.15) is 0 Å². The first-order valence-corrected chi connectivity index (χ1v) is 9.06. The van der Waals surface area contributed by atoms with E-state index in [0.29, 0.717) is 24.5 Å². The number of aliphatic carboxylic acids is 1. The van der Waals surface area contributed by atoms with Gasteiger partial charge in [0.05, 0.1) is 25.6 Å². The van der Waals surface area contributed by atoms with Crippen LogP contribution in [0.15, 0.2) is 42.5 Å². The Morgan fingerprint density at radius 1 is 1.13 bits per heavy atom. The van der Waals surface area contributed by atoms with Gasteiger partial charge in [0.25, 0.3) is 5.69 Å². The standard InChI is InChI=1S/C20H23N3O7/c1-29-17-8-7-13(11-18(17)30-2)9-10-21-15(20(25)26)12-19(24)22-14-5-3-4-6-16(14)23(27)28/h3-8,11,15,21H,9-10,12H2,1-2H3,(H,22,24)(H,25,26). The number of hydrogen-bond acceptors (Lipinski definition) is 7. The second-order valence-electron chi connectivity index (χ2n) is 6.31. The van der Waals surface area contributed by atoms with Gasteiger partial charge in [0.1, 0.15) is 11.7 Å². The molecule has 2 aromatic rings. The maximum absolute atomic E-state index is 12.2. The number of carbonyl (C=O) groups excluding carboxylic acids is 1. The third-order valence-electron chi connectivity index (χ3n) is 4.31. The molecule has 1 atom stereocenters. The van der Waals surface area contributed by atoms with Gasteiger partial charge in [0.15, 0.2) is 11.5 Å². The van der Waals surface area contributed by atoms with E-state index in [1.807, 2.05) is 6.07 Å². The molecule has 0 spiro atoms. The monoisotopic (exact) mass is 417 g/mol. The fourth-order valence-corrected chi connectivity index (χ4v) is 2.80. The first kappa shape index (κ1) is 22.6. The van der Waals surface area contributed by atoms with Crippen molar-refractivity contribution in [1.29, 1.82) is 0 Å². The molecule has 1 amide bonds. The van der Waals surface area contributed by atoms with Gasteiger partial charge in [0.2, 0.25) is 5.91 Å². The van der Waals surface area contributed by atoms with Crippen molar-refractivity contribution in [3.63, 3.8) is 0 Å². The summed E-state index contributed by atoms with van der Waals surface area (Å²) in [5, 5.41) is 25.6. The third-order valence-corrected chi connectivity index (χ3v) is 4.31. The number of amides is 1. The Balaban J connectivity index is 1.94. The van der Waals surface area contributed by atoms with Crippen LogP contribution in [0.3, 0.4) is 0 Å². The molecule has 2 rings (SSSR count). The summed E-state index contributed by atoms with van der Waals surface area (Å²) in [5.74, 6) is -0.687. The molecular weight excluding hydrogens is 394 g/mol. The van der Waals surface area contributed by atoms with Crippen LogP contribution in [0, 0.1) is 10.1 Å². The topological polar surface area (TPSA) is 140 Å². The summed E-state index contributed by atoms with van der Waals surface area (Å²) in [5.41, 5.74) is 0.648. The van der Waals surface area contributed by atoms with Crippen molar-refractivity contribution < 1.29 is 29.1 Å². The Hall–Kier alpha value is -3.66. The van der Waals surface area contributed by atoms with Crippen LogP contribution >= 0.6 is 0 Å². The van der Waals surface area contributed by atoms with Crippen LogP contribution in [0.2, 0.25) is 0 Å². The molecule has 10 heteroatoms. The van der Waals surface area contributed by atoms with Crippen molar-refractivity contribution >= 4 is 23.3 Å². The van der Waals surface area contributed by atoms with Crippen molar-refractivity contribution in [1.82, 2.24) is 5.32 Å². The molecule has 0 radical (unpaired) electrons. The number of para-hydroxylation sites is 2. The van der Waals surface area contributed by atoms with Gasteiger partial charge in [-0.05, 0) is 36.7 Å². The molecule has 10 nitrogen and oxygen atoms in total. The van der Waals surface area contributed by atoms with E-state index in [1.54, 1.807) is 18.2 Å². The second kappa shape index (κ2) is 10.8. The molecule has 0 fully saturated rings. The van der Waals surface area contributed by atoms with E-state index >= 15 is 0 Å². The number of methoxy groups -OCH3 is 2. The Bertz CT molecular complexity index is 917. The molecule has 3 N–H and O–H groups in total. The van der Waals surface area contributed by atoms with Crippen LogP contribution < -0.4 is 20.1 Å². The molecule has 0 aliphatic heterocycles. The van der Waals surface area contributed by atoms with Crippen molar-refractivity contribution in [3.05, 3.63) is 58.1 Å². The van der Waals surface area contributed by atoms with Gasteiger partial charge < -0.3 is 25.2 Å². The van der Waals surface area contributed by atoms with Crippen molar-refractivity contribution in [2.75, 3.05) is 26.1 Å². The molecule has 0 saturated carbocycles. The number of benzene rings is 2. The summed E-state index contributed by atoms with van der Waals surface area (Å²) >= 11 is 0. The second-order valence-corrected chi connectivity index (χ2v) is 6.31. The lowest BCUT2D eigenvalue weighted by atomic mass is 10.1. The number of carboxylic acids is 1. The van der Waals surface area contributed by atoms with Gasteiger partial charge in [0, 0.05) is 6.07 Å². The number of anilines is 1. The summed E-state index contributed by atoms with van der Waals surface area (Å²) in [7, 11) is 3.06. The van der Waals surface area contributed by atoms with Crippen LogP contribution in [0.25, 0.3) is 0 Å². The molecule has 0 saturated heterocycles. The molecule has 30 heavy (non-hydrogen) atoms. The molecule has 0 bridgehead atoms. The van der Waals surface area contributed by atoms with Crippen LogP contribution in [0.4, 0.5) is 11.4 Å². The Labute approximate surface area is 173 Å². The molecule has 0 heterocycles. The molecule has 1 unspecified atom stereocenters. The van der Waals surface area contributed by atoms with E-state index in [4.69, 9.17) is 9.47 Å². The Morgan fingerprint density at radius 2 is 1.83 bits per heavy atom. The highest BCUT2D eigenvalue weighted by molar-refractivity contribution is 5.95. The number of ether oxygens (including phenoxy) is 2. The zero-order chi connectivity index (χ0) is 22.1. The van der Waals surface area contributed by atoms with E-state index in [9.17, 15) is 24.8 Å². The van der Waals surface area contributed by atoms with Gasteiger partial charge in [-0.1, -0.05) is 18.2 Å². The zero-order valence-electron chi connectivity index (χ0n) is 16.6. The lowest BCUT2D eigenvalue weighted by molar-refractivity contribution is -0.383. The van der Waals surface area contributed by atoms with Crippen molar-refractivity contribution in [2.45, 2.75) is 18.9 Å². The highest BCUT2D eigenvalue weighted by Crippen LogP contribution is 2.27. The van der Waals surface area contributed by atoms with Crippen LogP contribution in [-0.2, 0) is 16.0 Å². The van der Waals surface area contributed by atoms with E-state index in [0.717, 1.165) is 5.56 Å². The quantitative estimate of drug-likeness (QED) is 0.373. The van der Waals surface area contributed by atoms with Gasteiger partial charge in [-0.15, -0.1) is 0 Å². The van der Waals surface area contributed by atoms with E-state index in [-0.39, 0.29) is 17.8 Å². The number of nitrogens with one attached hydrogen (secondary N) is 2. The maximum Gasteiger partial charge on any atom is 0.321 e. The molecular formula is C20H23N3O7. The summed E-state index contributed by atoms with van der Waals surface area (Å²) in [6, 6.07) is 9.89. The van der Waals surface area contributed by atoms with Crippen LogP contribution in [0.5, 0.6) is 11.5 Å². The minimum absolute atomic E-state index is 0.0157.